The molecule has 0 bridgehead atoms. The topological polar surface area (TPSA) is 52.2 Å². The van der Waals surface area contributed by atoms with Crippen molar-refractivity contribution in [1.82, 2.24) is 19.8 Å². The zero-order valence-corrected chi connectivity index (χ0v) is 14.6. The number of benzene rings is 1. The molecule has 0 saturated carbocycles. The Labute approximate surface area is 152 Å². The van der Waals surface area contributed by atoms with Crippen molar-refractivity contribution >= 4 is 16.8 Å². The summed E-state index contributed by atoms with van der Waals surface area (Å²) < 4.78 is 0. The summed E-state index contributed by atoms with van der Waals surface area (Å²) in [7, 11) is 0. The molecule has 2 atom stereocenters. The Morgan fingerprint density at radius 1 is 1.19 bits per heavy atom. The molecule has 26 heavy (non-hydrogen) atoms. The second kappa shape index (κ2) is 6.25. The summed E-state index contributed by atoms with van der Waals surface area (Å²) in [6.07, 6.45) is 4.84. The van der Waals surface area contributed by atoms with Gasteiger partial charge in [0.15, 0.2) is 0 Å². The summed E-state index contributed by atoms with van der Waals surface area (Å²) in [6, 6.07) is 14.6. The van der Waals surface area contributed by atoms with Crippen LogP contribution in [0.4, 0.5) is 0 Å². The van der Waals surface area contributed by atoms with Gasteiger partial charge in [-0.05, 0) is 36.1 Å². The van der Waals surface area contributed by atoms with Crippen molar-refractivity contribution in [3.05, 3.63) is 66.1 Å². The fourth-order valence-corrected chi connectivity index (χ4v) is 4.36. The number of hydrogen-bond donors (Lipinski definition) is 1. The summed E-state index contributed by atoms with van der Waals surface area (Å²) in [5, 5.41) is 1.09. The predicted molar refractivity (Wildman–Crippen MR) is 101 cm³/mol. The number of rotatable bonds is 3. The zero-order chi connectivity index (χ0) is 17.5. The number of carbonyl (C=O) groups excluding carboxylic acids is 1. The van der Waals surface area contributed by atoms with E-state index in [2.05, 4.69) is 20.9 Å². The normalized spacial score (nSPS) is 22.8. The number of aromatic nitrogens is 2. The number of H-pyrrole nitrogens is 1. The largest absolute Gasteiger partial charge is 0.351 e. The van der Waals surface area contributed by atoms with E-state index in [0.717, 1.165) is 49.4 Å². The SMILES string of the molecule is O=C(c1cc2ccccc2[nH]1)N1CC[C@@H]2CN(Cc3cccnc3)[C@@H]2C1. The second-order valence-corrected chi connectivity index (χ2v) is 7.43. The van der Waals surface area contributed by atoms with Crippen LogP contribution in [0.25, 0.3) is 10.9 Å². The summed E-state index contributed by atoms with van der Waals surface area (Å²) >= 11 is 0. The highest BCUT2D eigenvalue weighted by Crippen LogP contribution is 2.34. The molecule has 5 rings (SSSR count). The van der Waals surface area contributed by atoms with Gasteiger partial charge in [0.05, 0.1) is 0 Å². The van der Waals surface area contributed by atoms with Gasteiger partial charge in [-0.1, -0.05) is 24.3 Å². The zero-order valence-electron chi connectivity index (χ0n) is 14.6. The third kappa shape index (κ3) is 2.69. The molecule has 0 unspecified atom stereocenters. The van der Waals surface area contributed by atoms with Gasteiger partial charge < -0.3 is 9.88 Å². The van der Waals surface area contributed by atoms with Crippen LogP contribution < -0.4 is 0 Å². The van der Waals surface area contributed by atoms with Crippen LogP contribution in [0.1, 0.15) is 22.5 Å². The molecule has 5 heteroatoms. The van der Waals surface area contributed by atoms with Crippen molar-refractivity contribution in [2.45, 2.75) is 19.0 Å². The molecule has 1 aromatic carbocycles. The number of piperidine rings is 1. The standard InChI is InChI=1S/C21H22N4O/c26-21(19-10-16-5-1-2-6-18(16)23-19)24-9-7-17-13-25(20(17)14-24)12-15-4-3-8-22-11-15/h1-6,8,10-11,17,20,23H,7,9,12-14H2/t17-,20-/m1/s1. The summed E-state index contributed by atoms with van der Waals surface area (Å²) in [4.78, 5) is 25.0. The first-order valence-corrected chi connectivity index (χ1v) is 9.28. The lowest BCUT2D eigenvalue weighted by atomic mass is 9.82. The van der Waals surface area contributed by atoms with E-state index in [9.17, 15) is 4.79 Å². The Hall–Kier alpha value is -2.66. The average Bonchev–Trinajstić information content (AvgIpc) is 3.11. The number of aromatic amines is 1. The number of hydrogen-bond acceptors (Lipinski definition) is 3. The molecule has 2 fully saturated rings. The number of amides is 1. The molecule has 2 saturated heterocycles. The van der Waals surface area contributed by atoms with E-state index in [1.54, 1.807) is 0 Å². The Morgan fingerprint density at radius 2 is 2.12 bits per heavy atom. The third-order valence-electron chi connectivity index (χ3n) is 5.82. The van der Waals surface area contributed by atoms with E-state index < -0.39 is 0 Å². The Bertz CT molecular complexity index is 902. The molecule has 0 radical (unpaired) electrons. The molecule has 2 aromatic heterocycles. The molecule has 4 heterocycles. The van der Waals surface area contributed by atoms with Gasteiger partial charge in [-0.2, -0.15) is 0 Å². The van der Waals surface area contributed by atoms with Crippen molar-refractivity contribution in [3.8, 4) is 0 Å². The minimum absolute atomic E-state index is 0.118. The minimum atomic E-state index is 0.118. The van der Waals surface area contributed by atoms with Crippen molar-refractivity contribution in [2.75, 3.05) is 19.6 Å². The molecule has 0 aliphatic carbocycles. The summed E-state index contributed by atoms with van der Waals surface area (Å²) in [5.41, 5.74) is 2.96. The number of para-hydroxylation sites is 1. The Morgan fingerprint density at radius 3 is 2.96 bits per heavy atom. The first-order valence-electron chi connectivity index (χ1n) is 9.28. The van der Waals surface area contributed by atoms with E-state index in [4.69, 9.17) is 0 Å². The first kappa shape index (κ1) is 15.6. The van der Waals surface area contributed by atoms with Crippen LogP contribution in [0.15, 0.2) is 54.9 Å². The van der Waals surface area contributed by atoms with Crippen LogP contribution in [0.5, 0.6) is 0 Å². The molecule has 2 aliphatic heterocycles. The number of likely N-dealkylation sites (tertiary alicyclic amines) is 2. The highest BCUT2D eigenvalue weighted by molar-refractivity contribution is 5.98. The average molecular weight is 346 g/mol. The fraction of sp³-hybridized carbons (Fsp3) is 0.333. The van der Waals surface area contributed by atoms with Crippen molar-refractivity contribution in [3.63, 3.8) is 0 Å². The van der Waals surface area contributed by atoms with Crippen LogP contribution in [0, 0.1) is 5.92 Å². The molecular weight excluding hydrogens is 324 g/mol. The fourth-order valence-electron chi connectivity index (χ4n) is 4.36. The summed E-state index contributed by atoms with van der Waals surface area (Å²) in [5.74, 6) is 0.839. The van der Waals surface area contributed by atoms with Gasteiger partial charge in [-0.15, -0.1) is 0 Å². The van der Waals surface area contributed by atoms with E-state index in [0.29, 0.717) is 11.7 Å². The second-order valence-electron chi connectivity index (χ2n) is 7.43. The number of pyridine rings is 1. The van der Waals surface area contributed by atoms with Crippen molar-refractivity contribution in [1.29, 1.82) is 0 Å². The molecule has 2 aliphatic rings. The number of fused-ring (bicyclic) bond motifs is 2. The molecule has 132 valence electrons. The van der Waals surface area contributed by atoms with Crippen molar-refractivity contribution in [2.24, 2.45) is 5.92 Å². The Balaban J connectivity index is 1.29. The molecule has 0 spiro atoms. The predicted octanol–water partition coefficient (Wildman–Crippen LogP) is 2.91. The maximum atomic E-state index is 13.0. The van der Waals surface area contributed by atoms with E-state index in [-0.39, 0.29) is 5.91 Å². The van der Waals surface area contributed by atoms with Gasteiger partial charge in [0.25, 0.3) is 5.91 Å². The molecule has 5 nitrogen and oxygen atoms in total. The molecule has 3 aromatic rings. The van der Waals surface area contributed by atoms with Crippen LogP contribution in [-0.2, 0) is 6.54 Å². The highest BCUT2D eigenvalue weighted by atomic mass is 16.2. The van der Waals surface area contributed by atoms with Gasteiger partial charge in [-0.3, -0.25) is 14.7 Å². The van der Waals surface area contributed by atoms with Crippen LogP contribution in [-0.4, -0.2) is 51.4 Å². The number of carbonyl (C=O) groups is 1. The Kier molecular flexibility index (Phi) is 3.75. The van der Waals surface area contributed by atoms with Gasteiger partial charge in [0.1, 0.15) is 5.69 Å². The number of nitrogens with zero attached hydrogens (tertiary/aromatic N) is 3. The minimum Gasteiger partial charge on any atom is -0.351 e. The quantitative estimate of drug-likeness (QED) is 0.793. The van der Waals surface area contributed by atoms with Crippen LogP contribution in [0.2, 0.25) is 0 Å². The highest BCUT2D eigenvalue weighted by Gasteiger charge is 2.43. The van der Waals surface area contributed by atoms with E-state index in [1.165, 1.54) is 5.56 Å². The molecule has 1 N–H and O–H groups in total. The molecular formula is C21H22N4O. The maximum absolute atomic E-state index is 13.0. The van der Waals surface area contributed by atoms with E-state index in [1.807, 2.05) is 53.7 Å². The van der Waals surface area contributed by atoms with Gasteiger partial charge in [0.2, 0.25) is 0 Å². The van der Waals surface area contributed by atoms with Crippen molar-refractivity contribution < 1.29 is 4.79 Å². The first-order chi connectivity index (χ1) is 12.8. The monoisotopic (exact) mass is 346 g/mol. The molecule has 1 amide bonds. The lowest BCUT2D eigenvalue weighted by Gasteiger charge is -2.53. The van der Waals surface area contributed by atoms with Crippen LogP contribution >= 0.6 is 0 Å². The smallest absolute Gasteiger partial charge is 0.270 e. The van der Waals surface area contributed by atoms with Gasteiger partial charge in [0, 0.05) is 55.5 Å². The van der Waals surface area contributed by atoms with E-state index >= 15 is 0 Å². The lowest BCUT2D eigenvalue weighted by molar-refractivity contribution is -0.0428. The van der Waals surface area contributed by atoms with Gasteiger partial charge in [-0.25, -0.2) is 0 Å². The maximum Gasteiger partial charge on any atom is 0.270 e. The number of nitrogens with one attached hydrogen (secondary N) is 1. The summed E-state index contributed by atoms with van der Waals surface area (Å²) in [6.45, 7) is 3.73. The van der Waals surface area contributed by atoms with Crippen LogP contribution in [0.3, 0.4) is 0 Å². The van der Waals surface area contributed by atoms with Gasteiger partial charge >= 0.3 is 0 Å². The lowest BCUT2D eigenvalue weighted by Crippen LogP contribution is -2.64. The third-order valence-corrected chi connectivity index (χ3v) is 5.82.